The number of carbonyl (C=O) groups excluding carboxylic acids is 1. The van der Waals surface area contributed by atoms with E-state index in [0.717, 1.165) is 11.3 Å². The Kier molecular flexibility index (Phi) is 5.34. The van der Waals surface area contributed by atoms with Crippen molar-refractivity contribution in [2.24, 2.45) is 0 Å². The van der Waals surface area contributed by atoms with E-state index in [1.165, 1.54) is 6.33 Å². The number of hydrogen-bond acceptors (Lipinski definition) is 5. The van der Waals surface area contributed by atoms with Crippen molar-refractivity contribution in [1.82, 2.24) is 9.97 Å². The lowest BCUT2D eigenvalue weighted by Gasteiger charge is -2.09. The summed E-state index contributed by atoms with van der Waals surface area (Å²) in [5.74, 6) is 0.811. The van der Waals surface area contributed by atoms with E-state index in [-0.39, 0.29) is 11.6 Å². The number of aryl methyl sites for hydroxylation is 1. The molecule has 132 valence electrons. The Labute approximate surface area is 156 Å². The fourth-order valence-electron chi connectivity index (χ4n) is 2.26. The van der Waals surface area contributed by atoms with Gasteiger partial charge in [-0.15, -0.1) is 0 Å². The molecule has 0 aliphatic carbocycles. The zero-order valence-electron chi connectivity index (χ0n) is 14.3. The van der Waals surface area contributed by atoms with Crippen molar-refractivity contribution in [3.8, 4) is 5.75 Å². The summed E-state index contributed by atoms with van der Waals surface area (Å²) in [6.07, 6.45) is 1.33. The maximum absolute atomic E-state index is 12.4. The second-order valence-corrected chi connectivity index (χ2v) is 5.97. The molecule has 26 heavy (non-hydrogen) atoms. The lowest BCUT2D eigenvalue weighted by Crippen LogP contribution is -2.14. The standard InChI is InChI=1S/C19H17ClN4O2/c1-12-6-7-14(9-16(12)20)23-18-10-17(21-11-22-18)19(25)24-13-4-3-5-15(8-13)26-2/h3-11H,1-2H3,(H,24,25)(H,21,22,23). The van der Waals surface area contributed by atoms with E-state index in [1.807, 2.05) is 19.1 Å². The van der Waals surface area contributed by atoms with Crippen molar-refractivity contribution in [3.63, 3.8) is 0 Å². The maximum atomic E-state index is 12.4. The quantitative estimate of drug-likeness (QED) is 0.696. The molecule has 6 nitrogen and oxygen atoms in total. The van der Waals surface area contributed by atoms with Gasteiger partial charge in [0.05, 0.1) is 7.11 Å². The second kappa shape index (κ2) is 7.84. The van der Waals surface area contributed by atoms with Gasteiger partial charge in [0.2, 0.25) is 0 Å². The summed E-state index contributed by atoms with van der Waals surface area (Å²) < 4.78 is 5.15. The number of carbonyl (C=O) groups is 1. The molecule has 0 aliphatic heterocycles. The highest BCUT2D eigenvalue weighted by Gasteiger charge is 2.10. The van der Waals surface area contributed by atoms with Crippen LogP contribution in [0.4, 0.5) is 17.2 Å². The molecule has 0 unspecified atom stereocenters. The first-order valence-electron chi connectivity index (χ1n) is 7.86. The van der Waals surface area contributed by atoms with Gasteiger partial charge in [0, 0.05) is 28.5 Å². The summed E-state index contributed by atoms with van der Waals surface area (Å²) in [6, 6.07) is 14.3. The lowest BCUT2D eigenvalue weighted by atomic mass is 10.2. The Hall–Kier alpha value is -3.12. The number of benzene rings is 2. The van der Waals surface area contributed by atoms with Gasteiger partial charge in [0.25, 0.3) is 5.91 Å². The van der Waals surface area contributed by atoms with Crippen LogP contribution in [-0.2, 0) is 0 Å². The van der Waals surface area contributed by atoms with Crippen LogP contribution in [-0.4, -0.2) is 23.0 Å². The Bertz CT molecular complexity index is 946. The number of rotatable bonds is 5. The third-order valence-corrected chi connectivity index (χ3v) is 4.08. The van der Waals surface area contributed by atoms with Crippen molar-refractivity contribution in [2.45, 2.75) is 6.92 Å². The molecule has 0 fully saturated rings. The molecule has 2 aromatic carbocycles. The normalized spacial score (nSPS) is 10.3. The first-order chi connectivity index (χ1) is 12.5. The first kappa shape index (κ1) is 17.7. The molecule has 0 radical (unpaired) electrons. The largest absolute Gasteiger partial charge is 0.497 e. The average molecular weight is 369 g/mol. The smallest absolute Gasteiger partial charge is 0.274 e. The van der Waals surface area contributed by atoms with Crippen LogP contribution in [0.3, 0.4) is 0 Å². The Morgan fingerprint density at radius 1 is 1.08 bits per heavy atom. The SMILES string of the molecule is COc1cccc(NC(=O)c2cc(Nc3ccc(C)c(Cl)c3)ncn2)c1. The fourth-order valence-corrected chi connectivity index (χ4v) is 2.44. The molecule has 0 spiro atoms. The molecule has 0 bridgehead atoms. The number of hydrogen-bond donors (Lipinski definition) is 2. The molecule has 0 saturated carbocycles. The topological polar surface area (TPSA) is 76.1 Å². The van der Waals surface area contributed by atoms with E-state index in [4.69, 9.17) is 16.3 Å². The summed E-state index contributed by atoms with van der Waals surface area (Å²) in [5.41, 5.74) is 2.62. The number of aromatic nitrogens is 2. The molecule has 3 rings (SSSR count). The maximum Gasteiger partial charge on any atom is 0.274 e. The van der Waals surface area contributed by atoms with Crippen molar-refractivity contribution in [3.05, 3.63) is 71.1 Å². The molecule has 1 aromatic heterocycles. The van der Waals surface area contributed by atoms with Crippen LogP contribution in [0.2, 0.25) is 5.02 Å². The van der Waals surface area contributed by atoms with Crippen LogP contribution in [0.5, 0.6) is 5.75 Å². The van der Waals surface area contributed by atoms with Gasteiger partial charge >= 0.3 is 0 Å². The Morgan fingerprint density at radius 2 is 1.92 bits per heavy atom. The average Bonchev–Trinajstić information content (AvgIpc) is 2.65. The third kappa shape index (κ3) is 4.29. The summed E-state index contributed by atoms with van der Waals surface area (Å²) in [7, 11) is 1.57. The van der Waals surface area contributed by atoms with Crippen molar-refractivity contribution < 1.29 is 9.53 Å². The van der Waals surface area contributed by atoms with Crippen LogP contribution in [0.1, 0.15) is 16.1 Å². The van der Waals surface area contributed by atoms with Crippen LogP contribution in [0.15, 0.2) is 54.9 Å². The highest BCUT2D eigenvalue weighted by molar-refractivity contribution is 6.31. The summed E-state index contributed by atoms with van der Waals surface area (Å²) in [4.78, 5) is 20.6. The Balaban J connectivity index is 1.75. The summed E-state index contributed by atoms with van der Waals surface area (Å²) >= 11 is 6.13. The van der Waals surface area contributed by atoms with E-state index in [1.54, 1.807) is 43.5 Å². The lowest BCUT2D eigenvalue weighted by molar-refractivity contribution is 0.102. The predicted molar refractivity (Wildman–Crippen MR) is 102 cm³/mol. The number of anilines is 3. The molecule has 2 N–H and O–H groups in total. The van der Waals surface area contributed by atoms with E-state index < -0.39 is 0 Å². The number of halogens is 1. The monoisotopic (exact) mass is 368 g/mol. The van der Waals surface area contributed by atoms with Gasteiger partial charge in [0.1, 0.15) is 23.6 Å². The fraction of sp³-hybridized carbons (Fsp3) is 0.105. The molecule has 0 saturated heterocycles. The van der Waals surface area contributed by atoms with Crippen molar-refractivity contribution >= 4 is 34.7 Å². The molecular weight excluding hydrogens is 352 g/mol. The summed E-state index contributed by atoms with van der Waals surface area (Å²) in [5, 5.41) is 6.55. The van der Waals surface area contributed by atoms with Crippen molar-refractivity contribution in [1.29, 1.82) is 0 Å². The predicted octanol–water partition coefficient (Wildman–Crippen LogP) is 4.44. The molecular formula is C19H17ClN4O2. The van der Waals surface area contributed by atoms with Crippen LogP contribution < -0.4 is 15.4 Å². The minimum absolute atomic E-state index is 0.239. The second-order valence-electron chi connectivity index (χ2n) is 5.56. The highest BCUT2D eigenvalue weighted by Crippen LogP contribution is 2.23. The molecule has 1 heterocycles. The number of methoxy groups -OCH3 is 1. The van der Waals surface area contributed by atoms with Gasteiger partial charge in [-0.05, 0) is 36.8 Å². The van der Waals surface area contributed by atoms with E-state index >= 15 is 0 Å². The van der Waals surface area contributed by atoms with E-state index in [9.17, 15) is 4.79 Å². The molecule has 1 amide bonds. The molecule has 7 heteroatoms. The van der Waals surface area contributed by atoms with Gasteiger partial charge in [-0.3, -0.25) is 4.79 Å². The van der Waals surface area contributed by atoms with Gasteiger partial charge < -0.3 is 15.4 Å². The van der Waals surface area contributed by atoms with Crippen LogP contribution in [0, 0.1) is 6.92 Å². The molecule has 0 aliphatic rings. The highest BCUT2D eigenvalue weighted by atomic mass is 35.5. The number of ether oxygens (including phenoxy) is 1. The van der Waals surface area contributed by atoms with Crippen LogP contribution in [0.25, 0.3) is 0 Å². The summed E-state index contributed by atoms with van der Waals surface area (Å²) in [6.45, 7) is 1.93. The van der Waals surface area contributed by atoms with E-state index in [0.29, 0.717) is 22.3 Å². The zero-order chi connectivity index (χ0) is 18.5. The number of amides is 1. The van der Waals surface area contributed by atoms with Gasteiger partial charge in [-0.25, -0.2) is 9.97 Å². The van der Waals surface area contributed by atoms with Gasteiger partial charge in [-0.1, -0.05) is 23.7 Å². The number of nitrogens with one attached hydrogen (secondary N) is 2. The molecule has 3 aromatic rings. The van der Waals surface area contributed by atoms with Gasteiger partial charge in [0.15, 0.2) is 0 Å². The zero-order valence-corrected chi connectivity index (χ0v) is 15.0. The van der Waals surface area contributed by atoms with E-state index in [2.05, 4.69) is 20.6 Å². The third-order valence-electron chi connectivity index (χ3n) is 3.67. The first-order valence-corrected chi connectivity index (χ1v) is 8.23. The molecule has 0 atom stereocenters. The number of nitrogens with zero attached hydrogens (tertiary/aromatic N) is 2. The van der Waals surface area contributed by atoms with Gasteiger partial charge in [-0.2, -0.15) is 0 Å². The minimum atomic E-state index is -0.342. The Morgan fingerprint density at radius 3 is 2.69 bits per heavy atom. The minimum Gasteiger partial charge on any atom is -0.497 e. The van der Waals surface area contributed by atoms with Crippen LogP contribution >= 0.6 is 11.6 Å². The van der Waals surface area contributed by atoms with Crippen molar-refractivity contribution in [2.75, 3.05) is 17.7 Å².